The maximum atomic E-state index is 10.6. The molecule has 1 aromatic rings. The van der Waals surface area contributed by atoms with Gasteiger partial charge in [-0.3, -0.25) is 14.9 Å². The third-order valence-electron chi connectivity index (χ3n) is 3.34. The third-order valence-corrected chi connectivity index (χ3v) is 3.34. The molecule has 0 radical (unpaired) electrons. The smallest absolute Gasteiger partial charge is 0.303 e. The number of anilines is 1. The highest BCUT2D eigenvalue weighted by molar-refractivity contribution is 5.67. The highest BCUT2D eigenvalue weighted by Crippen LogP contribution is 2.24. The maximum absolute atomic E-state index is 10.6. The Kier molecular flexibility index (Phi) is 3.94. The van der Waals surface area contributed by atoms with Crippen molar-refractivity contribution in [2.24, 2.45) is 5.92 Å². The molecule has 1 aliphatic rings. The molecule has 0 aromatic carbocycles. The molecule has 102 valence electrons. The quantitative estimate of drug-likeness (QED) is 0.657. The highest BCUT2D eigenvalue weighted by atomic mass is 16.6. The summed E-state index contributed by atoms with van der Waals surface area (Å²) >= 11 is 0. The predicted octanol–water partition coefficient (Wildman–Crippen LogP) is 1.68. The molecule has 1 N–H and O–H groups in total. The summed E-state index contributed by atoms with van der Waals surface area (Å²) in [6.45, 7) is 1.48. The van der Waals surface area contributed by atoms with E-state index in [-0.39, 0.29) is 18.0 Å². The summed E-state index contributed by atoms with van der Waals surface area (Å²) in [5.74, 6) is 0.165. The number of carboxylic acids is 1. The second-order valence-corrected chi connectivity index (χ2v) is 4.66. The molecule has 2 heterocycles. The lowest BCUT2D eigenvalue weighted by atomic mass is 9.94. The van der Waals surface area contributed by atoms with E-state index in [1.54, 1.807) is 6.07 Å². The second kappa shape index (κ2) is 5.64. The standard InChI is InChI=1S/C12H15N3O4/c16-12(17)7-9-3-5-14(6-4-9)11-2-1-10(8-13-11)15(18)19/h1-2,8-9H,3-7H2,(H,16,17). The van der Waals surface area contributed by atoms with Crippen LogP contribution in [0.25, 0.3) is 0 Å². The largest absolute Gasteiger partial charge is 0.481 e. The van der Waals surface area contributed by atoms with E-state index >= 15 is 0 Å². The fraction of sp³-hybridized carbons (Fsp3) is 0.500. The molecule has 1 fully saturated rings. The molecule has 0 atom stereocenters. The van der Waals surface area contributed by atoms with Crippen LogP contribution < -0.4 is 4.90 Å². The monoisotopic (exact) mass is 265 g/mol. The van der Waals surface area contributed by atoms with Crippen molar-refractivity contribution in [1.29, 1.82) is 0 Å². The van der Waals surface area contributed by atoms with Crippen molar-refractivity contribution in [2.45, 2.75) is 19.3 Å². The van der Waals surface area contributed by atoms with Gasteiger partial charge in [-0.25, -0.2) is 4.98 Å². The first-order chi connectivity index (χ1) is 9.06. The van der Waals surface area contributed by atoms with Crippen molar-refractivity contribution in [2.75, 3.05) is 18.0 Å². The van der Waals surface area contributed by atoms with E-state index in [1.165, 1.54) is 12.3 Å². The molecule has 0 saturated carbocycles. The van der Waals surface area contributed by atoms with Crippen molar-refractivity contribution in [3.05, 3.63) is 28.4 Å². The highest BCUT2D eigenvalue weighted by Gasteiger charge is 2.22. The number of aromatic nitrogens is 1. The number of nitrogens with zero attached hydrogens (tertiary/aromatic N) is 3. The Labute approximate surface area is 110 Å². The fourth-order valence-corrected chi connectivity index (χ4v) is 2.29. The lowest BCUT2D eigenvalue weighted by molar-refractivity contribution is -0.385. The zero-order valence-electron chi connectivity index (χ0n) is 10.4. The summed E-state index contributed by atoms with van der Waals surface area (Å²) < 4.78 is 0. The molecule has 1 aromatic heterocycles. The first kappa shape index (κ1) is 13.3. The van der Waals surface area contributed by atoms with Gasteiger partial charge in [0.15, 0.2) is 0 Å². The number of carbonyl (C=O) groups is 1. The average molecular weight is 265 g/mol. The number of piperidine rings is 1. The molecule has 0 aliphatic carbocycles. The van der Waals surface area contributed by atoms with Gasteiger partial charge >= 0.3 is 5.97 Å². The first-order valence-electron chi connectivity index (χ1n) is 6.13. The molecule has 1 saturated heterocycles. The minimum atomic E-state index is -0.757. The molecule has 19 heavy (non-hydrogen) atoms. The predicted molar refractivity (Wildman–Crippen MR) is 68.1 cm³/mol. The van der Waals surface area contributed by atoms with Crippen LogP contribution in [-0.2, 0) is 4.79 Å². The van der Waals surface area contributed by atoms with Crippen LogP contribution in [0.1, 0.15) is 19.3 Å². The van der Waals surface area contributed by atoms with Gasteiger partial charge in [-0.05, 0) is 24.8 Å². The van der Waals surface area contributed by atoms with E-state index in [4.69, 9.17) is 5.11 Å². The maximum Gasteiger partial charge on any atom is 0.303 e. The molecule has 2 rings (SSSR count). The van der Waals surface area contributed by atoms with E-state index in [1.807, 2.05) is 4.90 Å². The second-order valence-electron chi connectivity index (χ2n) is 4.66. The zero-order valence-corrected chi connectivity index (χ0v) is 10.4. The molecule has 0 bridgehead atoms. The van der Waals surface area contributed by atoms with Crippen LogP contribution in [0.3, 0.4) is 0 Å². The minimum Gasteiger partial charge on any atom is -0.481 e. The van der Waals surface area contributed by atoms with E-state index < -0.39 is 10.9 Å². The van der Waals surface area contributed by atoms with Gasteiger partial charge in [0.05, 0.1) is 4.92 Å². The van der Waals surface area contributed by atoms with E-state index in [0.29, 0.717) is 5.82 Å². The Balaban J connectivity index is 1.94. The van der Waals surface area contributed by atoms with Crippen molar-refractivity contribution >= 4 is 17.5 Å². The van der Waals surface area contributed by atoms with Crippen LogP contribution in [0, 0.1) is 16.0 Å². The van der Waals surface area contributed by atoms with Gasteiger partial charge in [0.1, 0.15) is 12.0 Å². The number of rotatable bonds is 4. The van der Waals surface area contributed by atoms with Gasteiger partial charge in [0.2, 0.25) is 0 Å². The molecule has 0 amide bonds. The number of carboxylic acid groups (broad SMARTS) is 1. The zero-order chi connectivity index (χ0) is 13.8. The van der Waals surface area contributed by atoms with Crippen LogP contribution in [0.4, 0.5) is 11.5 Å². The summed E-state index contributed by atoms with van der Waals surface area (Å²) in [4.78, 5) is 26.8. The van der Waals surface area contributed by atoms with Crippen molar-refractivity contribution in [3.8, 4) is 0 Å². The number of hydrogen-bond donors (Lipinski definition) is 1. The lowest BCUT2D eigenvalue weighted by Crippen LogP contribution is -2.34. The van der Waals surface area contributed by atoms with Gasteiger partial charge in [-0.15, -0.1) is 0 Å². The van der Waals surface area contributed by atoms with Crippen LogP contribution in [0.15, 0.2) is 18.3 Å². The van der Waals surface area contributed by atoms with E-state index in [2.05, 4.69) is 4.98 Å². The summed E-state index contributed by atoms with van der Waals surface area (Å²) in [6.07, 6.45) is 3.08. The van der Waals surface area contributed by atoms with Gasteiger partial charge in [0.25, 0.3) is 5.69 Å². The van der Waals surface area contributed by atoms with Crippen molar-refractivity contribution < 1.29 is 14.8 Å². The van der Waals surface area contributed by atoms with Crippen LogP contribution in [-0.4, -0.2) is 34.1 Å². The number of hydrogen-bond acceptors (Lipinski definition) is 5. The SMILES string of the molecule is O=C(O)CC1CCN(c2ccc([N+](=O)[O-])cn2)CC1. The number of nitro groups is 1. The molecular weight excluding hydrogens is 250 g/mol. The van der Waals surface area contributed by atoms with E-state index in [9.17, 15) is 14.9 Å². The minimum absolute atomic E-state index is 0.0236. The van der Waals surface area contributed by atoms with Gasteiger partial charge in [-0.2, -0.15) is 0 Å². The summed E-state index contributed by atoms with van der Waals surface area (Å²) in [5, 5.41) is 19.3. The molecule has 7 nitrogen and oxygen atoms in total. The molecular formula is C12H15N3O4. The third kappa shape index (κ3) is 3.40. The lowest BCUT2D eigenvalue weighted by Gasteiger charge is -2.32. The Morgan fingerprint density at radius 1 is 1.47 bits per heavy atom. The molecule has 0 unspecified atom stereocenters. The van der Waals surface area contributed by atoms with E-state index in [0.717, 1.165) is 25.9 Å². The molecule has 1 aliphatic heterocycles. The molecule has 7 heteroatoms. The van der Waals surface area contributed by atoms with Gasteiger partial charge in [-0.1, -0.05) is 0 Å². The summed E-state index contributed by atoms with van der Waals surface area (Å²) in [6, 6.07) is 3.07. The van der Waals surface area contributed by atoms with Crippen LogP contribution in [0.5, 0.6) is 0 Å². The van der Waals surface area contributed by atoms with Crippen LogP contribution >= 0.6 is 0 Å². The topological polar surface area (TPSA) is 96.6 Å². The summed E-state index contributed by atoms with van der Waals surface area (Å²) in [5.41, 5.74) is -0.0236. The number of pyridine rings is 1. The normalized spacial score (nSPS) is 16.3. The average Bonchev–Trinajstić information content (AvgIpc) is 2.39. The Morgan fingerprint density at radius 2 is 2.16 bits per heavy atom. The van der Waals surface area contributed by atoms with Crippen molar-refractivity contribution in [3.63, 3.8) is 0 Å². The summed E-state index contributed by atoms with van der Waals surface area (Å²) in [7, 11) is 0. The van der Waals surface area contributed by atoms with Gasteiger partial charge < -0.3 is 10.0 Å². The Morgan fingerprint density at radius 3 is 2.63 bits per heavy atom. The fourth-order valence-electron chi connectivity index (χ4n) is 2.29. The Bertz CT molecular complexity index is 466. The van der Waals surface area contributed by atoms with Crippen LogP contribution in [0.2, 0.25) is 0 Å². The van der Waals surface area contributed by atoms with Gasteiger partial charge in [0, 0.05) is 25.6 Å². The number of aliphatic carboxylic acids is 1. The first-order valence-corrected chi connectivity index (χ1v) is 6.13. The van der Waals surface area contributed by atoms with Crippen molar-refractivity contribution in [1.82, 2.24) is 4.98 Å². The molecule has 0 spiro atoms. The Hall–Kier alpha value is -2.18.